The van der Waals surface area contributed by atoms with E-state index in [-0.39, 0.29) is 6.04 Å². The lowest BCUT2D eigenvalue weighted by Gasteiger charge is -2.14. The van der Waals surface area contributed by atoms with Crippen molar-refractivity contribution in [3.63, 3.8) is 0 Å². The molecule has 0 saturated carbocycles. The van der Waals surface area contributed by atoms with Crippen LogP contribution in [0.1, 0.15) is 17.2 Å². The minimum atomic E-state index is -0.221. The van der Waals surface area contributed by atoms with Gasteiger partial charge in [-0.15, -0.1) is 0 Å². The summed E-state index contributed by atoms with van der Waals surface area (Å²) in [6.45, 7) is 0. The van der Waals surface area contributed by atoms with Crippen LogP contribution in [0.15, 0.2) is 47.2 Å². The van der Waals surface area contributed by atoms with Gasteiger partial charge < -0.3 is 5.73 Å². The van der Waals surface area contributed by atoms with Crippen LogP contribution in [0.25, 0.3) is 0 Å². The molecule has 1 heterocycles. The normalized spacial score (nSPS) is 12.4. The molecule has 1 unspecified atom stereocenters. The molecule has 0 saturated heterocycles. The van der Waals surface area contributed by atoms with Gasteiger partial charge in [0.25, 0.3) is 0 Å². The van der Waals surface area contributed by atoms with E-state index in [9.17, 15) is 0 Å². The molecule has 0 fully saturated rings. The van der Waals surface area contributed by atoms with Gasteiger partial charge in [-0.25, -0.2) is 0 Å². The highest BCUT2D eigenvalue weighted by Gasteiger charge is 2.12. The summed E-state index contributed by atoms with van der Waals surface area (Å²) in [5.41, 5.74) is 8.08. The van der Waals surface area contributed by atoms with Gasteiger partial charge in [0.1, 0.15) is 0 Å². The minimum Gasteiger partial charge on any atom is -0.320 e. The van der Waals surface area contributed by atoms with Gasteiger partial charge in [0, 0.05) is 21.9 Å². The highest BCUT2D eigenvalue weighted by molar-refractivity contribution is 9.10. The Morgan fingerprint density at radius 2 is 2.12 bits per heavy atom. The van der Waals surface area contributed by atoms with E-state index in [1.165, 1.54) is 0 Å². The summed E-state index contributed by atoms with van der Waals surface area (Å²) in [5.74, 6) is 0. The zero-order valence-electron chi connectivity index (χ0n) is 8.40. The Morgan fingerprint density at radius 3 is 2.81 bits per heavy atom. The predicted molar refractivity (Wildman–Crippen MR) is 69.4 cm³/mol. The number of nitrogens with zero attached hydrogens (tertiary/aromatic N) is 1. The number of pyridine rings is 1. The lowest BCUT2D eigenvalue weighted by Crippen LogP contribution is -2.12. The van der Waals surface area contributed by atoms with Gasteiger partial charge in [-0.3, -0.25) is 4.98 Å². The lowest BCUT2D eigenvalue weighted by atomic mass is 10.0. The molecule has 0 radical (unpaired) electrons. The van der Waals surface area contributed by atoms with Crippen molar-refractivity contribution >= 4 is 27.5 Å². The van der Waals surface area contributed by atoms with E-state index in [1.54, 1.807) is 12.4 Å². The lowest BCUT2D eigenvalue weighted by molar-refractivity contribution is 0.858. The molecule has 1 atom stereocenters. The van der Waals surface area contributed by atoms with Crippen molar-refractivity contribution in [3.05, 3.63) is 63.3 Å². The number of halogens is 2. The highest BCUT2D eigenvalue weighted by atomic mass is 79.9. The zero-order chi connectivity index (χ0) is 11.5. The van der Waals surface area contributed by atoms with Gasteiger partial charge in [0.15, 0.2) is 0 Å². The van der Waals surface area contributed by atoms with Crippen molar-refractivity contribution in [1.29, 1.82) is 0 Å². The number of hydrogen-bond donors (Lipinski definition) is 1. The molecular formula is C12H10BrClN2. The SMILES string of the molecule is NC(c1cccnc1)c1cc(Cl)ccc1Br. The monoisotopic (exact) mass is 296 g/mol. The minimum absolute atomic E-state index is 0.221. The van der Waals surface area contributed by atoms with E-state index < -0.39 is 0 Å². The predicted octanol–water partition coefficient (Wildman–Crippen LogP) is 3.55. The van der Waals surface area contributed by atoms with Crippen LogP contribution in [0.4, 0.5) is 0 Å². The van der Waals surface area contributed by atoms with E-state index in [0.717, 1.165) is 15.6 Å². The van der Waals surface area contributed by atoms with Crippen molar-refractivity contribution in [2.45, 2.75) is 6.04 Å². The summed E-state index contributed by atoms with van der Waals surface area (Å²) < 4.78 is 0.952. The largest absolute Gasteiger partial charge is 0.320 e. The van der Waals surface area contributed by atoms with Crippen LogP contribution in [0.2, 0.25) is 5.02 Å². The summed E-state index contributed by atoms with van der Waals surface area (Å²) in [5, 5.41) is 0.678. The van der Waals surface area contributed by atoms with Crippen LogP contribution in [0, 0.1) is 0 Å². The summed E-state index contributed by atoms with van der Waals surface area (Å²) >= 11 is 9.43. The van der Waals surface area contributed by atoms with Crippen LogP contribution in [-0.2, 0) is 0 Å². The number of hydrogen-bond acceptors (Lipinski definition) is 2. The first-order chi connectivity index (χ1) is 7.68. The van der Waals surface area contributed by atoms with Gasteiger partial charge in [0.05, 0.1) is 6.04 Å². The molecule has 0 aliphatic rings. The molecule has 16 heavy (non-hydrogen) atoms. The topological polar surface area (TPSA) is 38.9 Å². The van der Waals surface area contributed by atoms with Crippen molar-refractivity contribution in [2.24, 2.45) is 5.73 Å². The Labute approximate surface area is 108 Å². The molecule has 4 heteroatoms. The first kappa shape index (κ1) is 11.6. The van der Waals surface area contributed by atoms with E-state index in [2.05, 4.69) is 20.9 Å². The molecule has 2 nitrogen and oxygen atoms in total. The molecule has 2 aromatic rings. The second-order valence-corrected chi connectivity index (χ2v) is 4.72. The molecule has 0 bridgehead atoms. The maximum Gasteiger partial charge on any atom is 0.0578 e. The summed E-state index contributed by atoms with van der Waals surface area (Å²) in [6, 6.07) is 9.18. The van der Waals surface area contributed by atoms with Crippen LogP contribution in [-0.4, -0.2) is 4.98 Å². The molecule has 0 amide bonds. The Hall–Kier alpha value is -0.900. The van der Waals surface area contributed by atoms with Crippen LogP contribution in [0.5, 0.6) is 0 Å². The van der Waals surface area contributed by atoms with Crippen molar-refractivity contribution in [2.75, 3.05) is 0 Å². The molecule has 1 aromatic heterocycles. The van der Waals surface area contributed by atoms with E-state index >= 15 is 0 Å². The van der Waals surface area contributed by atoms with Crippen molar-refractivity contribution in [1.82, 2.24) is 4.98 Å². The quantitative estimate of drug-likeness (QED) is 0.921. The Kier molecular flexibility index (Phi) is 3.59. The Balaban J connectivity index is 2.41. The fourth-order valence-electron chi connectivity index (χ4n) is 1.49. The molecular weight excluding hydrogens is 288 g/mol. The second kappa shape index (κ2) is 4.95. The molecule has 82 valence electrons. The van der Waals surface area contributed by atoms with Crippen molar-refractivity contribution in [3.8, 4) is 0 Å². The first-order valence-corrected chi connectivity index (χ1v) is 5.96. The Morgan fingerprint density at radius 1 is 1.31 bits per heavy atom. The third-order valence-electron chi connectivity index (χ3n) is 2.34. The number of rotatable bonds is 2. The maximum atomic E-state index is 6.16. The highest BCUT2D eigenvalue weighted by Crippen LogP contribution is 2.28. The van der Waals surface area contributed by atoms with E-state index in [1.807, 2.05) is 30.3 Å². The molecule has 2 rings (SSSR count). The molecule has 2 N–H and O–H groups in total. The van der Waals surface area contributed by atoms with Gasteiger partial charge in [0.2, 0.25) is 0 Å². The van der Waals surface area contributed by atoms with E-state index in [0.29, 0.717) is 5.02 Å². The summed E-state index contributed by atoms with van der Waals surface area (Å²) in [7, 11) is 0. The van der Waals surface area contributed by atoms with Crippen LogP contribution >= 0.6 is 27.5 Å². The Bertz CT molecular complexity index is 488. The van der Waals surface area contributed by atoms with Crippen LogP contribution in [0.3, 0.4) is 0 Å². The summed E-state index contributed by atoms with van der Waals surface area (Å²) in [4.78, 5) is 4.06. The maximum absolute atomic E-state index is 6.16. The standard InChI is InChI=1S/C12H10BrClN2/c13-11-4-3-9(14)6-10(11)12(15)8-2-1-5-16-7-8/h1-7,12H,15H2. The smallest absolute Gasteiger partial charge is 0.0578 e. The fraction of sp³-hybridized carbons (Fsp3) is 0.0833. The first-order valence-electron chi connectivity index (χ1n) is 4.79. The zero-order valence-corrected chi connectivity index (χ0v) is 10.7. The molecule has 0 aliphatic carbocycles. The number of aromatic nitrogens is 1. The third kappa shape index (κ3) is 2.43. The van der Waals surface area contributed by atoms with Gasteiger partial charge >= 0.3 is 0 Å². The van der Waals surface area contributed by atoms with Gasteiger partial charge in [-0.1, -0.05) is 33.6 Å². The number of benzene rings is 1. The molecule has 0 spiro atoms. The fourth-order valence-corrected chi connectivity index (χ4v) is 2.17. The van der Waals surface area contributed by atoms with Crippen molar-refractivity contribution < 1.29 is 0 Å². The number of nitrogens with two attached hydrogens (primary N) is 1. The average Bonchev–Trinajstić information content (AvgIpc) is 2.32. The van der Waals surface area contributed by atoms with Gasteiger partial charge in [-0.2, -0.15) is 0 Å². The second-order valence-electron chi connectivity index (χ2n) is 3.43. The third-order valence-corrected chi connectivity index (χ3v) is 3.29. The molecule has 1 aromatic carbocycles. The summed E-state index contributed by atoms with van der Waals surface area (Å²) in [6.07, 6.45) is 3.49. The molecule has 0 aliphatic heterocycles. The van der Waals surface area contributed by atoms with E-state index in [4.69, 9.17) is 17.3 Å². The van der Waals surface area contributed by atoms with Gasteiger partial charge in [-0.05, 0) is 35.4 Å². The average molecular weight is 298 g/mol. The van der Waals surface area contributed by atoms with Crippen LogP contribution < -0.4 is 5.73 Å².